The van der Waals surface area contributed by atoms with Gasteiger partial charge in [-0.25, -0.2) is 4.98 Å². The van der Waals surface area contributed by atoms with Crippen molar-refractivity contribution >= 4 is 17.6 Å². The monoisotopic (exact) mass is 250 g/mol. The van der Waals surface area contributed by atoms with Crippen molar-refractivity contribution in [2.24, 2.45) is 0 Å². The van der Waals surface area contributed by atoms with E-state index in [1.807, 2.05) is 6.92 Å². The molecule has 0 saturated heterocycles. The number of hydrogen-bond acceptors (Lipinski definition) is 4. The number of rotatable bonds is 5. The van der Waals surface area contributed by atoms with Crippen LogP contribution in [0, 0.1) is 6.92 Å². The molecule has 98 valence electrons. The average molecular weight is 250 g/mol. The number of carbonyl (C=O) groups excluding carboxylic acids is 2. The van der Waals surface area contributed by atoms with Crippen molar-refractivity contribution in [3.05, 3.63) is 23.4 Å². The van der Waals surface area contributed by atoms with Gasteiger partial charge in [0.1, 0.15) is 5.82 Å². The molecule has 0 atom stereocenters. The predicted octanol–water partition coefficient (Wildman–Crippen LogP) is 0.228. The molecule has 6 heteroatoms. The van der Waals surface area contributed by atoms with Gasteiger partial charge in [-0.2, -0.15) is 0 Å². The van der Waals surface area contributed by atoms with Crippen LogP contribution in [0.2, 0.25) is 0 Å². The summed E-state index contributed by atoms with van der Waals surface area (Å²) < 4.78 is 0. The number of aromatic nitrogens is 1. The zero-order valence-corrected chi connectivity index (χ0v) is 10.6. The average Bonchev–Trinajstić information content (AvgIpc) is 2.32. The van der Waals surface area contributed by atoms with Gasteiger partial charge in [-0.1, -0.05) is 6.92 Å². The SMILES string of the molecule is CCCNC(=O)CNC(=O)c1cc(C)nc(N)c1. The van der Waals surface area contributed by atoms with Crippen molar-refractivity contribution in [3.8, 4) is 0 Å². The molecule has 0 spiro atoms. The summed E-state index contributed by atoms with van der Waals surface area (Å²) in [7, 11) is 0. The Labute approximate surface area is 106 Å². The molecule has 1 aromatic rings. The first-order valence-electron chi connectivity index (χ1n) is 5.82. The first-order chi connectivity index (χ1) is 8.52. The fourth-order valence-electron chi connectivity index (χ4n) is 1.41. The minimum Gasteiger partial charge on any atom is -0.384 e. The van der Waals surface area contributed by atoms with Crippen LogP contribution in [0.4, 0.5) is 5.82 Å². The third-order valence-corrected chi connectivity index (χ3v) is 2.22. The summed E-state index contributed by atoms with van der Waals surface area (Å²) in [6.07, 6.45) is 0.861. The van der Waals surface area contributed by atoms with Crippen molar-refractivity contribution in [2.45, 2.75) is 20.3 Å². The van der Waals surface area contributed by atoms with Crippen LogP contribution in [0.1, 0.15) is 29.4 Å². The summed E-state index contributed by atoms with van der Waals surface area (Å²) in [4.78, 5) is 27.0. The molecule has 1 rings (SSSR count). The Morgan fingerprint density at radius 3 is 2.67 bits per heavy atom. The van der Waals surface area contributed by atoms with Gasteiger partial charge in [0, 0.05) is 17.8 Å². The number of nitrogens with two attached hydrogens (primary N) is 1. The van der Waals surface area contributed by atoms with Crippen molar-refractivity contribution in [1.29, 1.82) is 0 Å². The molecule has 2 amide bonds. The van der Waals surface area contributed by atoms with Gasteiger partial charge in [0.25, 0.3) is 5.91 Å². The second-order valence-electron chi connectivity index (χ2n) is 3.95. The second kappa shape index (κ2) is 6.58. The van der Waals surface area contributed by atoms with Gasteiger partial charge < -0.3 is 16.4 Å². The number of carbonyl (C=O) groups is 2. The number of amides is 2. The molecular weight excluding hydrogens is 232 g/mol. The van der Waals surface area contributed by atoms with Crippen LogP contribution in [-0.2, 0) is 4.79 Å². The first kappa shape index (κ1) is 14.0. The quantitative estimate of drug-likeness (QED) is 0.696. The van der Waals surface area contributed by atoms with E-state index in [0.29, 0.717) is 17.8 Å². The molecule has 0 aliphatic rings. The Kier molecular flexibility index (Phi) is 5.10. The van der Waals surface area contributed by atoms with E-state index < -0.39 is 0 Å². The van der Waals surface area contributed by atoms with Gasteiger partial charge >= 0.3 is 0 Å². The number of hydrogen-bond donors (Lipinski definition) is 3. The number of nitrogens with one attached hydrogen (secondary N) is 2. The Bertz CT molecular complexity index is 425. The molecule has 0 radical (unpaired) electrons. The molecule has 4 N–H and O–H groups in total. The summed E-state index contributed by atoms with van der Waals surface area (Å²) in [6, 6.07) is 3.10. The lowest BCUT2D eigenvalue weighted by Gasteiger charge is -2.07. The van der Waals surface area contributed by atoms with Crippen molar-refractivity contribution in [1.82, 2.24) is 15.6 Å². The van der Waals surface area contributed by atoms with E-state index in [9.17, 15) is 9.59 Å². The normalized spacial score (nSPS) is 9.89. The Balaban J connectivity index is 2.52. The zero-order chi connectivity index (χ0) is 13.5. The smallest absolute Gasteiger partial charge is 0.251 e. The van der Waals surface area contributed by atoms with Gasteiger partial charge in [0.2, 0.25) is 5.91 Å². The molecule has 0 saturated carbocycles. The molecule has 0 unspecified atom stereocenters. The van der Waals surface area contributed by atoms with Crippen LogP contribution in [0.3, 0.4) is 0 Å². The Morgan fingerprint density at radius 1 is 1.33 bits per heavy atom. The van der Waals surface area contributed by atoms with Crippen LogP contribution in [0.25, 0.3) is 0 Å². The van der Waals surface area contributed by atoms with Crippen LogP contribution >= 0.6 is 0 Å². The number of pyridine rings is 1. The van der Waals surface area contributed by atoms with E-state index in [0.717, 1.165) is 6.42 Å². The number of nitrogen functional groups attached to an aromatic ring is 1. The van der Waals surface area contributed by atoms with E-state index in [-0.39, 0.29) is 24.2 Å². The standard InChI is InChI=1S/C12H18N4O2/c1-3-4-14-11(17)7-15-12(18)9-5-8(2)16-10(13)6-9/h5-6H,3-4,7H2,1-2H3,(H2,13,16)(H,14,17)(H,15,18). The molecule has 0 aliphatic carbocycles. The van der Waals surface area contributed by atoms with Crippen LogP contribution < -0.4 is 16.4 Å². The number of aryl methyl sites for hydroxylation is 1. The van der Waals surface area contributed by atoms with Crippen molar-refractivity contribution in [2.75, 3.05) is 18.8 Å². The Morgan fingerprint density at radius 2 is 2.06 bits per heavy atom. The number of nitrogens with zero attached hydrogens (tertiary/aromatic N) is 1. The topological polar surface area (TPSA) is 97.1 Å². The molecule has 6 nitrogen and oxygen atoms in total. The van der Waals surface area contributed by atoms with Crippen LogP contribution in [-0.4, -0.2) is 29.9 Å². The summed E-state index contributed by atoms with van der Waals surface area (Å²) >= 11 is 0. The zero-order valence-electron chi connectivity index (χ0n) is 10.6. The Hall–Kier alpha value is -2.11. The fourth-order valence-corrected chi connectivity index (χ4v) is 1.41. The van der Waals surface area contributed by atoms with Crippen molar-refractivity contribution in [3.63, 3.8) is 0 Å². The maximum absolute atomic E-state index is 11.8. The van der Waals surface area contributed by atoms with E-state index in [1.54, 1.807) is 13.0 Å². The molecular formula is C12H18N4O2. The maximum atomic E-state index is 11.8. The van der Waals surface area contributed by atoms with E-state index in [1.165, 1.54) is 6.07 Å². The van der Waals surface area contributed by atoms with Crippen LogP contribution in [0.15, 0.2) is 12.1 Å². The molecule has 18 heavy (non-hydrogen) atoms. The third-order valence-electron chi connectivity index (χ3n) is 2.22. The first-order valence-corrected chi connectivity index (χ1v) is 5.82. The minimum atomic E-state index is -0.334. The molecule has 0 aliphatic heterocycles. The van der Waals surface area contributed by atoms with Gasteiger partial charge in [0.15, 0.2) is 0 Å². The van der Waals surface area contributed by atoms with Gasteiger partial charge in [-0.15, -0.1) is 0 Å². The lowest BCUT2D eigenvalue weighted by Crippen LogP contribution is -2.37. The van der Waals surface area contributed by atoms with Gasteiger partial charge in [0.05, 0.1) is 6.54 Å². The predicted molar refractivity (Wildman–Crippen MR) is 69.0 cm³/mol. The minimum absolute atomic E-state index is 0.0416. The lowest BCUT2D eigenvalue weighted by atomic mass is 10.2. The summed E-state index contributed by atoms with van der Waals surface area (Å²) in [5.74, 6) is -0.251. The highest BCUT2D eigenvalue weighted by Crippen LogP contribution is 2.06. The molecule has 0 fully saturated rings. The third kappa shape index (κ3) is 4.40. The maximum Gasteiger partial charge on any atom is 0.251 e. The van der Waals surface area contributed by atoms with Gasteiger partial charge in [-0.05, 0) is 25.5 Å². The summed E-state index contributed by atoms with van der Waals surface area (Å²) in [6.45, 7) is 4.28. The number of anilines is 1. The molecule has 1 heterocycles. The molecule has 0 bridgehead atoms. The highest BCUT2D eigenvalue weighted by Gasteiger charge is 2.09. The lowest BCUT2D eigenvalue weighted by molar-refractivity contribution is -0.120. The summed E-state index contributed by atoms with van der Waals surface area (Å²) in [5, 5.41) is 5.20. The van der Waals surface area contributed by atoms with E-state index in [2.05, 4.69) is 15.6 Å². The van der Waals surface area contributed by atoms with Crippen LogP contribution in [0.5, 0.6) is 0 Å². The van der Waals surface area contributed by atoms with Crippen molar-refractivity contribution < 1.29 is 9.59 Å². The fraction of sp³-hybridized carbons (Fsp3) is 0.417. The summed E-state index contributed by atoms with van der Waals surface area (Å²) in [5.41, 5.74) is 6.62. The van der Waals surface area contributed by atoms with E-state index in [4.69, 9.17) is 5.73 Å². The molecule has 0 aromatic carbocycles. The highest BCUT2D eigenvalue weighted by molar-refractivity contribution is 5.97. The molecule has 1 aromatic heterocycles. The highest BCUT2D eigenvalue weighted by atomic mass is 16.2. The largest absolute Gasteiger partial charge is 0.384 e. The second-order valence-corrected chi connectivity index (χ2v) is 3.95. The van der Waals surface area contributed by atoms with E-state index >= 15 is 0 Å². The van der Waals surface area contributed by atoms with Gasteiger partial charge in [-0.3, -0.25) is 9.59 Å².